The molecular weight excluding hydrogens is 1830 g/mol. The zero-order chi connectivity index (χ0) is 95.7. The molecule has 16 heteroatoms. The minimum Gasteiger partial charge on any atom is -0.456 e. The van der Waals surface area contributed by atoms with E-state index in [9.17, 15) is 0 Å². The van der Waals surface area contributed by atoms with Gasteiger partial charge in [-0.25, -0.2) is 0 Å². The molecule has 2 N–H and O–H groups in total. The predicted octanol–water partition coefficient (Wildman–Crippen LogP) is 29.0. The average molecular weight is 1940 g/mol. The molecule has 0 radical (unpaired) electrons. The maximum absolute atomic E-state index is 15.1. The maximum Gasteiger partial charge on any atom is 0.494 e. The molecule has 0 bridgehead atoms. The molecule has 0 spiro atoms. The lowest BCUT2D eigenvalue weighted by molar-refractivity contribution is -0.176. The smallest absolute Gasteiger partial charge is 0.456 e. The summed E-state index contributed by atoms with van der Waals surface area (Å²) in [7, 11) is -4.96. The molecule has 11 nitrogen and oxygen atoms in total. The van der Waals surface area contributed by atoms with E-state index >= 15 is 4.57 Å². The van der Waals surface area contributed by atoms with Crippen LogP contribution in [0.2, 0.25) is 0 Å². The van der Waals surface area contributed by atoms with Crippen LogP contribution in [0.25, 0.3) is 22.3 Å². The molecule has 0 amide bonds. The first-order chi connectivity index (χ1) is 67.5. The highest BCUT2D eigenvalue weighted by Crippen LogP contribution is 2.58. The van der Waals surface area contributed by atoms with Gasteiger partial charge in [0.05, 0.1) is 55.9 Å². The Balaban J connectivity index is 0.000000113. The van der Waals surface area contributed by atoms with Crippen molar-refractivity contribution in [1.29, 1.82) is 0 Å². The van der Waals surface area contributed by atoms with Gasteiger partial charge in [-0.05, 0) is 255 Å². The minimum absolute atomic E-state index is 0.000942. The second kappa shape index (κ2) is 37.2. The predicted molar refractivity (Wildman–Crippen MR) is 583 cm³/mol. The molecule has 3 unspecified atom stereocenters. The van der Waals surface area contributed by atoms with Crippen molar-refractivity contribution in [3.63, 3.8) is 0 Å². The quantitative estimate of drug-likeness (QED) is 0.0623. The number of hydrogen-bond donors (Lipinski definition) is 2. The first kappa shape index (κ1) is 91.6. The summed E-state index contributed by atoms with van der Waals surface area (Å²) in [5, 5.41) is 21.9. The van der Waals surface area contributed by atoms with Gasteiger partial charge in [0, 0.05) is 64.3 Å². The van der Waals surface area contributed by atoms with Gasteiger partial charge in [-0.3, -0.25) is 10.5 Å². The van der Waals surface area contributed by atoms with Crippen LogP contribution in [0, 0.1) is 0 Å². The van der Waals surface area contributed by atoms with Crippen molar-refractivity contribution in [3.05, 3.63) is 475 Å². The van der Waals surface area contributed by atoms with Gasteiger partial charge < -0.3 is 42.8 Å². The molecule has 1 saturated heterocycles. The molecule has 1 fully saturated rings. The second-order valence-electron chi connectivity index (χ2n) is 38.2. The van der Waals surface area contributed by atoms with E-state index in [1.54, 1.807) is 0 Å². The lowest BCUT2D eigenvalue weighted by Gasteiger charge is -2.42. The fourth-order valence-corrected chi connectivity index (χ4v) is 28.7. The number of anilines is 9. The third-order valence-electron chi connectivity index (χ3n) is 28.4. The van der Waals surface area contributed by atoms with E-state index in [2.05, 4.69) is 470 Å². The molecular formula is C123H104BBrN3O8P3. The zero-order valence-corrected chi connectivity index (χ0v) is 83.3. The van der Waals surface area contributed by atoms with E-state index in [1.165, 1.54) is 116 Å². The Hall–Kier alpha value is -13.8. The van der Waals surface area contributed by atoms with Crippen LogP contribution in [-0.4, -0.2) is 28.8 Å². The molecule has 684 valence electrons. The van der Waals surface area contributed by atoms with Crippen molar-refractivity contribution in [1.82, 2.24) is 0 Å². The van der Waals surface area contributed by atoms with Crippen LogP contribution >= 0.6 is 38.9 Å². The summed E-state index contributed by atoms with van der Waals surface area (Å²) in [4.78, 5) is 7.13. The molecule has 18 aromatic carbocycles. The Labute approximate surface area is 825 Å². The standard InChI is InChI=1S/C39H30NO2P.C39H30NOP.C24H24BO3P.C21H18BrN.H2O2/c1-39(2)31-14-6-8-16-33(31)40(34-17-9-7-15-32(34)39)29-23-20-27(21-24-29)28-22-25-36-38(26-28)43(41,30-12-4-3-5-13-30)37-19-11-10-18-35(37)42-36;1-39(2)31-14-6-8-16-33(31)40(34-17-9-7-15-32(34)39)29-23-20-27(21-24-29)28-22-25-36-38(26-28)42(30-12-4-3-5-13-30)37-19-11-10-18-35(37)41-36;1-23(2)24(3,4)28-25(27-23)17-14-15-20-22(16-17)29(18-10-6-5-7-11-18)21-13-9-8-12-19(21)26-20;1-21(2)17-7-3-5-9-19(17)23(16-13-11-15(22)12-14-16)20-10-6-4-8-18(20)21;1-2/h3-26H,1-2H3;3-26H,1-2H3;5-16H,1-4H3;3-14H,1-2H3;1-2H. The lowest BCUT2D eigenvalue weighted by atomic mass is 9.73. The van der Waals surface area contributed by atoms with Crippen molar-refractivity contribution in [3.8, 4) is 56.8 Å². The minimum atomic E-state index is -3.14. The summed E-state index contributed by atoms with van der Waals surface area (Å²) in [5.41, 5.74) is 23.5. The molecule has 7 aliphatic rings. The molecule has 0 aliphatic carbocycles. The number of halogens is 1. The van der Waals surface area contributed by atoms with Gasteiger partial charge in [0.2, 0.25) is 0 Å². The van der Waals surface area contributed by atoms with Crippen molar-refractivity contribution in [2.75, 3.05) is 14.7 Å². The molecule has 3 atom stereocenters. The summed E-state index contributed by atoms with van der Waals surface area (Å²) in [6, 6.07) is 154. The topological polar surface area (TPSA) is 113 Å². The van der Waals surface area contributed by atoms with Gasteiger partial charge >= 0.3 is 7.12 Å². The highest BCUT2D eigenvalue weighted by atomic mass is 79.9. The summed E-state index contributed by atoms with van der Waals surface area (Å²) >= 11 is 3.53. The zero-order valence-electron chi connectivity index (χ0n) is 79.1. The Bertz CT molecular complexity index is 7550. The molecule has 7 aliphatic heterocycles. The first-order valence-corrected chi connectivity index (χ1v) is 52.3. The number of nitrogens with zero attached hydrogens (tertiary/aromatic N) is 3. The number of hydrogen-bond acceptors (Lipinski definition) is 11. The van der Waals surface area contributed by atoms with Gasteiger partial charge in [-0.2, -0.15) is 0 Å². The van der Waals surface area contributed by atoms with E-state index in [4.69, 9.17) is 34.0 Å². The van der Waals surface area contributed by atoms with Gasteiger partial charge in [-0.1, -0.05) is 355 Å². The SMILES string of the molecule is CC1(C)OB(c2ccc3c(c2)P(c2ccccc2)c2ccccc2O3)OC1(C)C.CC1(C)c2ccccc2N(c2ccc(-c3ccc4c(c3)P(=O)(c3ccccc3)c3ccccc3O4)cc2)c2ccccc21.CC1(C)c2ccccc2N(c2ccc(-c3ccc4c(c3)P(c3ccccc3)c3ccccc3O4)cc2)c2ccccc21.CC1(C)c2ccccc2N(c2ccc(Br)cc2)c2ccccc21.OO. The van der Waals surface area contributed by atoms with Crippen LogP contribution in [0.5, 0.6) is 34.5 Å². The Morgan fingerprint density at radius 1 is 0.273 bits per heavy atom. The number of para-hydroxylation sites is 9. The van der Waals surface area contributed by atoms with Crippen LogP contribution < -0.4 is 82.1 Å². The van der Waals surface area contributed by atoms with Crippen LogP contribution in [0.1, 0.15) is 103 Å². The normalized spacial score (nSPS) is 17.2. The number of ether oxygens (including phenoxy) is 3. The molecule has 25 rings (SSSR count). The van der Waals surface area contributed by atoms with E-state index in [1.807, 2.05) is 66.7 Å². The van der Waals surface area contributed by atoms with Gasteiger partial charge in [-0.15, -0.1) is 0 Å². The van der Waals surface area contributed by atoms with Crippen LogP contribution in [0.15, 0.2) is 441 Å². The van der Waals surface area contributed by atoms with Gasteiger partial charge in [0.25, 0.3) is 0 Å². The fourth-order valence-electron chi connectivity index (χ4n) is 20.6. The lowest BCUT2D eigenvalue weighted by Crippen LogP contribution is -2.41. The van der Waals surface area contributed by atoms with E-state index in [0.717, 1.165) is 71.3 Å². The van der Waals surface area contributed by atoms with E-state index < -0.39 is 23.0 Å². The highest BCUT2D eigenvalue weighted by Gasteiger charge is 2.53. The van der Waals surface area contributed by atoms with Crippen LogP contribution in [0.3, 0.4) is 0 Å². The Morgan fingerprint density at radius 2 is 0.561 bits per heavy atom. The van der Waals surface area contributed by atoms with Crippen molar-refractivity contribution in [2.24, 2.45) is 0 Å². The summed E-state index contributed by atoms with van der Waals surface area (Å²) in [5.74, 6) is 5.08. The third kappa shape index (κ3) is 16.5. The van der Waals surface area contributed by atoms with Crippen LogP contribution in [0.4, 0.5) is 51.2 Å². The van der Waals surface area contributed by atoms with Crippen molar-refractivity contribution in [2.45, 2.75) is 96.7 Å². The maximum atomic E-state index is 15.1. The Kier molecular flexibility index (Phi) is 24.5. The summed E-state index contributed by atoms with van der Waals surface area (Å²) in [6.07, 6.45) is 0. The third-order valence-corrected chi connectivity index (χ3v) is 37.0. The molecule has 0 aromatic heterocycles. The molecule has 0 saturated carbocycles. The summed E-state index contributed by atoms with van der Waals surface area (Å²) in [6.45, 7) is 22.2. The van der Waals surface area contributed by atoms with Gasteiger partial charge in [0.1, 0.15) is 34.5 Å². The number of benzene rings is 18. The number of fused-ring (bicyclic) bond motifs is 12. The molecule has 18 aromatic rings. The second-order valence-corrected chi connectivity index (χ2v) is 46.1. The average Bonchev–Trinajstić information content (AvgIpc) is 1.45. The fraction of sp³-hybridized carbons (Fsp3) is 0.122. The first-order valence-electron chi connectivity index (χ1n) is 47.1. The molecule has 139 heavy (non-hydrogen) atoms. The summed E-state index contributed by atoms with van der Waals surface area (Å²) < 4.78 is 47.8. The van der Waals surface area contributed by atoms with Crippen molar-refractivity contribution >= 4 is 150 Å². The Morgan fingerprint density at radius 3 is 0.964 bits per heavy atom. The molecule has 7 heterocycles. The van der Waals surface area contributed by atoms with Crippen LogP contribution in [-0.2, 0) is 30.1 Å². The van der Waals surface area contributed by atoms with E-state index in [0.29, 0.717) is 11.5 Å². The largest absolute Gasteiger partial charge is 0.494 e. The number of rotatable bonds is 9. The highest BCUT2D eigenvalue weighted by molar-refractivity contribution is 9.10. The monoisotopic (exact) mass is 1930 g/mol. The van der Waals surface area contributed by atoms with Crippen molar-refractivity contribution < 1.29 is 38.6 Å². The van der Waals surface area contributed by atoms with E-state index in [-0.39, 0.29) is 34.6 Å². The van der Waals surface area contributed by atoms with Gasteiger partial charge in [0.15, 0.2) is 7.14 Å².